The third-order valence-electron chi connectivity index (χ3n) is 1.84. The molecule has 0 unspecified atom stereocenters. The summed E-state index contributed by atoms with van der Waals surface area (Å²) in [6.07, 6.45) is 1.29. The average Bonchev–Trinajstić information content (AvgIpc) is 2.19. The summed E-state index contributed by atoms with van der Waals surface area (Å²) in [4.78, 5) is 12.1. The van der Waals surface area contributed by atoms with E-state index in [0.29, 0.717) is 13.0 Å². The topological polar surface area (TPSA) is 29.5 Å². The van der Waals surface area contributed by atoms with Crippen molar-refractivity contribution in [3.05, 3.63) is 24.3 Å². The highest BCUT2D eigenvalue weighted by molar-refractivity contribution is 5.50. The van der Waals surface area contributed by atoms with Crippen molar-refractivity contribution in [2.45, 2.75) is 6.42 Å². The molecule has 0 amide bonds. The normalized spacial score (nSPS) is 9.57. The molecule has 0 spiro atoms. The first-order valence-electron chi connectivity index (χ1n) is 4.58. The lowest BCUT2D eigenvalue weighted by Crippen LogP contribution is -2.08. The van der Waals surface area contributed by atoms with Gasteiger partial charge in [-0.1, -0.05) is 6.07 Å². The molecule has 0 bridgehead atoms. The first-order valence-corrected chi connectivity index (χ1v) is 4.58. The van der Waals surface area contributed by atoms with E-state index >= 15 is 0 Å². The summed E-state index contributed by atoms with van der Waals surface area (Å²) in [5, 5.41) is 0. The van der Waals surface area contributed by atoms with E-state index in [9.17, 15) is 4.79 Å². The predicted molar refractivity (Wildman–Crippen MR) is 56.9 cm³/mol. The zero-order valence-corrected chi connectivity index (χ0v) is 8.56. The summed E-state index contributed by atoms with van der Waals surface area (Å²) >= 11 is 0. The fourth-order valence-electron chi connectivity index (χ4n) is 1.08. The van der Waals surface area contributed by atoms with Crippen LogP contribution in [-0.4, -0.2) is 27.0 Å². The van der Waals surface area contributed by atoms with Crippen LogP contribution in [0.25, 0.3) is 0 Å². The van der Waals surface area contributed by atoms with Crippen LogP contribution in [0.1, 0.15) is 6.42 Å². The highest BCUT2D eigenvalue weighted by Crippen LogP contribution is 2.19. The minimum absolute atomic E-state index is 0.437. The molecule has 1 aromatic carbocycles. The quantitative estimate of drug-likeness (QED) is 0.526. The monoisotopic (exact) mass is 193 g/mol. The van der Waals surface area contributed by atoms with E-state index in [1.807, 2.05) is 43.3 Å². The van der Waals surface area contributed by atoms with Crippen LogP contribution in [0.2, 0.25) is 0 Å². The first-order chi connectivity index (χ1) is 6.74. The third kappa shape index (κ3) is 3.09. The maximum atomic E-state index is 10.1. The van der Waals surface area contributed by atoms with E-state index < -0.39 is 0 Å². The van der Waals surface area contributed by atoms with Gasteiger partial charge in [0.2, 0.25) is 0 Å². The number of rotatable bonds is 5. The molecule has 0 N–H and O–H groups in total. The van der Waals surface area contributed by atoms with Crippen molar-refractivity contribution in [2.24, 2.45) is 0 Å². The molecule has 76 valence electrons. The van der Waals surface area contributed by atoms with Gasteiger partial charge in [0.15, 0.2) is 0 Å². The average molecular weight is 193 g/mol. The van der Waals surface area contributed by atoms with Gasteiger partial charge in [0.05, 0.1) is 6.61 Å². The summed E-state index contributed by atoms with van der Waals surface area (Å²) in [7, 11) is 3.95. The van der Waals surface area contributed by atoms with Gasteiger partial charge in [-0.25, -0.2) is 0 Å². The van der Waals surface area contributed by atoms with Gasteiger partial charge < -0.3 is 14.4 Å². The number of anilines is 1. The molecule has 0 saturated carbocycles. The van der Waals surface area contributed by atoms with Crippen molar-refractivity contribution in [3.8, 4) is 5.75 Å². The molecule has 0 aromatic heterocycles. The van der Waals surface area contributed by atoms with Crippen LogP contribution in [-0.2, 0) is 4.79 Å². The second-order valence-electron chi connectivity index (χ2n) is 3.20. The number of carbonyl (C=O) groups is 1. The molecular weight excluding hydrogens is 178 g/mol. The Morgan fingerprint density at radius 1 is 1.43 bits per heavy atom. The smallest absolute Gasteiger partial charge is 0.123 e. The van der Waals surface area contributed by atoms with E-state index in [4.69, 9.17) is 4.74 Å². The van der Waals surface area contributed by atoms with Gasteiger partial charge in [-0.3, -0.25) is 0 Å². The third-order valence-corrected chi connectivity index (χ3v) is 1.84. The lowest BCUT2D eigenvalue weighted by Gasteiger charge is -2.13. The second kappa shape index (κ2) is 5.27. The lowest BCUT2D eigenvalue weighted by molar-refractivity contribution is -0.108. The fraction of sp³-hybridized carbons (Fsp3) is 0.364. The van der Waals surface area contributed by atoms with Gasteiger partial charge in [-0.2, -0.15) is 0 Å². The Kier molecular flexibility index (Phi) is 3.98. The molecule has 0 atom stereocenters. The molecular formula is C11H15NO2. The number of carbonyl (C=O) groups excluding carboxylic acids is 1. The summed E-state index contributed by atoms with van der Waals surface area (Å²) < 4.78 is 5.38. The van der Waals surface area contributed by atoms with Crippen molar-refractivity contribution in [1.29, 1.82) is 0 Å². The van der Waals surface area contributed by atoms with Gasteiger partial charge in [0, 0.05) is 32.3 Å². The molecule has 3 heteroatoms. The van der Waals surface area contributed by atoms with Gasteiger partial charge in [-0.15, -0.1) is 0 Å². The summed E-state index contributed by atoms with van der Waals surface area (Å²) in [6, 6.07) is 7.78. The lowest BCUT2D eigenvalue weighted by atomic mass is 10.3. The second-order valence-corrected chi connectivity index (χ2v) is 3.20. The molecule has 0 fully saturated rings. The fourth-order valence-corrected chi connectivity index (χ4v) is 1.08. The van der Waals surface area contributed by atoms with Crippen LogP contribution in [0.5, 0.6) is 5.75 Å². The van der Waals surface area contributed by atoms with Crippen molar-refractivity contribution < 1.29 is 9.53 Å². The van der Waals surface area contributed by atoms with Crippen LogP contribution in [0.15, 0.2) is 24.3 Å². The molecule has 0 saturated heterocycles. The van der Waals surface area contributed by atoms with Gasteiger partial charge in [-0.05, 0) is 12.1 Å². The Hall–Kier alpha value is -1.51. The summed E-state index contributed by atoms with van der Waals surface area (Å²) in [5.41, 5.74) is 1.09. The Bertz CT molecular complexity index is 297. The van der Waals surface area contributed by atoms with Gasteiger partial charge in [0.25, 0.3) is 0 Å². The van der Waals surface area contributed by atoms with Crippen molar-refractivity contribution in [1.82, 2.24) is 0 Å². The SMILES string of the molecule is CN(C)c1cccc(OCCC=O)c1. The number of benzene rings is 1. The maximum absolute atomic E-state index is 10.1. The molecule has 1 aromatic rings. The van der Waals surface area contributed by atoms with E-state index in [1.165, 1.54) is 0 Å². The summed E-state index contributed by atoms with van der Waals surface area (Å²) in [5.74, 6) is 0.804. The van der Waals surface area contributed by atoms with Gasteiger partial charge >= 0.3 is 0 Å². The number of ether oxygens (including phenoxy) is 1. The molecule has 0 aliphatic rings. The van der Waals surface area contributed by atoms with Crippen LogP contribution in [0, 0.1) is 0 Å². The highest BCUT2D eigenvalue weighted by Gasteiger charge is 1.97. The van der Waals surface area contributed by atoms with E-state index in [1.54, 1.807) is 0 Å². The zero-order chi connectivity index (χ0) is 10.4. The maximum Gasteiger partial charge on any atom is 0.123 e. The molecule has 0 aliphatic carbocycles. The largest absolute Gasteiger partial charge is 0.493 e. The Labute approximate surface area is 84.3 Å². The Morgan fingerprint density at radius 2 is 2.21 bits per heavy atom. The number of aldehydes is 1. The highest BCUT2D eigenvalue weighted by atomic mass is 16.5. The van der Waals surface area contributed by atoms with Crippen molar-refractivity contribution >= 4 is 12.0 Å². The molecule has 1 rings (SSSR count). The minimum Gasteiger partial charge on any atom is -0.493 e. The molecule has 0 radical (unpaired) electrons. The van der Waals surface area contributed by atoms with Crippen molar-refractivity contribution in [3.63, 3.8) is 0 Å². The van der Waals surface area contributed by atoms with Crippen LogP contribution >= 0.6 is 0 Å². The molecule has 14 heavy (non-hydrogen) atoms. The van der Waals surface area contributed by atoms with Crippen LogP contribution in [0.3, 0.4) is 0 Å². The Balaban J connectivity index is 2.59. The molecule has 0 aliphatic heterocycles. The molecule has 3 nitrogen and oxygen atoms in total. The zero-order valence-electron chi connectivity index (χ0n) is 8.56. The number of hydrogen-bond acceptors (Lipinski definition) is 3. The number of hydrogen-bond donors (Lipinski definition) is 0. The predicted octanol–water partition coefficient (Wildman–Crippen LogP) is 1.72. The van der Waals surface area contributed by atoms with E-state index in [2.05, 4.69) is 0 Å². The van der Waals surface area contributed by atoms with Crippen LogP contribution in [0.4, 0.5) is 5.69 Å². The first kappa shape index (κ1) is 10.6. The standard InChI is InChI=1S/C11H15NO2/c1-12(2)10-5-3-6-11(9-10)14-8-4-7-13/h3,5-7,9H,4,8H2,1-2H3. The van der Waals surface area contributed by atoms with E-state index in [-0.39, 0.29) is 0 Å². The Morgan fingerprint density at radius 3 is 2.86 bits per heavy atom. The van der Waals surface area contributed by atoms with Crippen molar-refractivity contribution in [2.75, 3.05) is 25.6 Å². The molecule has 0 heterocycles. The summed E-state index contributed by atoms with van der Waals surface area (Å²) in [6.45, 7) is 0.445. The van der Waals surface area contributed by atoms with Crippen LogP contribution < -0.4 is 9.64 Å². The number of nitrogens with zero attached hydrogens (tertiary/aromatic N) is 1. The minimum atomic E-state index is 0.437. The van der Waals surface area contributed by atoms with E-state index in [0.717, 1.165) is 17.7 Å². The van der Waals surface area contributed by atoms with Gasteiger partial charge in [0.1, 0.15) is 12.0 Å².